The standard InChI is InChI=1S/C13H16BrFN2O/c14-10-4-9(5-11(15)6-10)13(18)17-12-3-1-2-8(12)7-16/h4-6,8,12H,1-3,7,16H2,(H,17,18). The van der Waals surface area contributed by atoms with Crippen molar-refractivity contribution in [1.29, 1.82) is 0 Å². The Morgan fingerprint density at radius 2 is 2.22 bits per heavy atom. The molecule has 0 spiro atoms. The molecule has 2 unspecified atom stereocenters. The van der Waals surface area contributed by atoms with Gasteiger partial charge >= 0.3 is 0 Å². The van der Waals surface area contributed by atoms with Gasteiger partial charge in [-0.1, -0.05) is 22.4 Å². The maximum atomic E-state index is 13.2. The highest BCUT2D eigenvalue weighted by Gasteiger charge is 2.27. The van der Waals surface area contributed by atoms with Crippen LogP contribution in [0.3, 0.4) is 0 Å². The van der Waals surface area contributed by atoms with Crippen molar-refractivity contribution in [3.63, 3.8) is 0 Å². The molecule has 3 N–H and O–H groups in total. The summed E-state index contributed by atoms with van der Waals surface area (Å²) in [6.07, 6.45) is 3.08. The van der Waals surface area contributed by atoms with Crippen molar-refractivity contribution in [2.24, 2.45) is 11.7 Å². The van der Waals surface area contributed by atoms with Gasteiger partial charge in [0, 0.05) is 16.1 Å². The van der Waals surface area contributed by atoms with E-state index in [0.717, 1.165) is 19.3 Å². The lowest BCUT2D eigenvalue weighted by atomic mass is 10.0. The van der Waals surface area contributed by atoms with Gasteiger partial charge in [-0.15, -0.1) is 0 Å². The SMILES string of the molecule is NCC1CCCC1NC(=O)c1cc(F)cc(Br)c1. The average molecular weight is 315 g/mol. The molecule has 98 valence electrons. The Morgan fingerprint density at radius 1 is 1.44 bits per heavy atom. The second kappa shape index (κ2) is 5.80. The first-order valence-electron chi connectivity index (χ1n) is 6.07. The number of benzene rings is 1. The van der Waals surface area contributed by atoms with Crippen molar-refractivity contribution < 1.29 is 9.18 Å². The molecule has 2 rings (SSSR count). The zero-order chi connectivity index (χ0) is 13.1. The summed E-state index contributed by atoms with van der Waals surface area (Å²) in [5, 5.41) is 2.94. The van der Waals surface area contributed by atoms with E-state index in [-0.39, 0.29) is 11.9 Å². The van der Waals surface area contributed by atoms with Gasteiger partial charge in [-0.05, 0) is 43.5 Å². The third-order valence-corrected chi connectivity index (χ3v) is 3.86. The van der Waals surface area contributed by atoms with Crippen LogP contribution in [0.15, 0.2) is 22.7 Å². The van der Waals surface area contributed by atoms with Crippen molar-refractivity contribution in [3.8, 4) is 0 Å². The molecule has 2 atom stereocenters. The highest BCUT2D eigenvalue weighted by molar-refractivity contribution is 9.10. The van der Waals surface area contributed by atoms with Crippen LogP contribution in [0.2, 0.25) is 0 Å². The summed E-state index contributed by atoms with van der Waals surface area (Å²) >= 11 is 3.18. The van der Waals surface area contributed by atoms with E-state index >= 15 is 0 Å². The monoisotopic (exact) mass is 314 g/mol. The third-order valence-electron chi connectivity index (χ3n) is 3.40. The summed E-state index contributed by atoms with van der Waals surface area (Å²) in [7, 11) is 0. The van der Waals surface area contributed by atoms with Crippen LogP contribution in [0, 0.1) is 11.7 Å². The van der Waals surface area contributed by atoms with Gasteiger partial charge in [0.1, 0.15) is 5.82 Å². The molecule has 0 radical (unpaired) electrons. The van der Waals surface area contributed by atoms with E-state index in [1.54, 1.807) is 6.07 Å². The van der Waals surface area contributed by atoms with Crippen molar-refractivity contribution in [2.45, 2.75) is 25.3 Å². The number of halogens is 2. The number of carbonyl (C=O) groups excluding carboxylic acids is 1. The van der Waals surface area contributed by atoms with Crippen LogP contribution in [0.1, 0.15) is 29.6 Å². The molecule has 1 amide bonds. The molecular formula is C13H16BrFN2O. The molecule has 1 aliphatic carbocycles. The van der Waals surface area contributed by atoms with Gasteiger partial charge in [0.25, 0.3) is 5.91 Å². The summed E-state index contributed by atoms with van der Waals surface area (Å²) in [5.74, 6) is -0.317. The second-order valence-corrected chi connectivity index (χ2v) is 5.58. The first kappa shape index (κ1) is 13.5. The quantitative estimate of drug-likeness (QED) is 0.900. The molecule has 18 heavy (non-hydrogen) atoms. The Balaban J connectivity index is 2.07. The molecule has 5 heteroatoms. The van der Waals surface area contributed by atoms with Gasteiger partial charge in [-0.25, -0.2) is 4.39 Å². The van der Waals surface area contributed by atoms with E-state index in [1.807, 2.05) is 0 Å². The van der Waals surface area contributed by atoms with Crippen LogP contribution in [0.4, 0.5) is 4.39 Å². The minimum Gasteiger partial charge on any atom is -0.349 e. The van der Waals surface area contributed by atoms with Crippen molar-refractivity contribution >= 4 is 21.8 Å². The Bertz CT molecular complexity index is 432. The van der Waals surface area contributed by atoms with Gasteiger partial charge < -0.3 is 11.1 Å². The molecule has 0 bridgehead atoms. The summed E-state index contributed by atoms with van der Waals surface area (Å²) in [6.45, 7) is 0.581. The predicted octanol–water partition coefficient (Wildman–Crippen LogP) is 2.45. The highest BCUT2D eigenvalue weighted by atomic mass is 79.9. The Morgan fingerprint density at radius 3 is 2.89 bits per heavy atom. The number of carbonyl (C=O) groups is 1. The van der Waals surface area contributed by atoms with Gasteiger partial charge in [0.15, 0.2) is 0 Å². The van der Waals surface area contributed by atoms with E-state index in [4.69, 9.17) is 5.73 Å². The van der Waals surface area contributed by atoms with Crippen LogP contribution >= 0.6 is 15.9 Å². The highest BCUT2D eigenvalue weighted by Crippen LogP contribution is 2.25. The lowest BCUT2D eigenvalue weighted by Crippen LogP contribution is -2.39. The molecule has 1 saturated carbocycles. The maximum absolute atomic E-state index is 13.2. The van der Waals surface area contributed by atoms with Gasteiger partial charge in [0.2, 0.25) is 0 Å². The smallest absolute Gasteiger partial charge is 0.251 e. The predicted molar refractivity (Wildman–Crippen MR) is 71.7 cm³/mol. The molecular weight excluding hydrogens is 299 g/mol. The molecule has 1 aromatic carbocycles. The Hall–Kier alpha value is -0.940. The average Bonchev–Trinajstić information content (AvgIpc) is 2.75. The van der Waals surface area contributed by atoms with Gasteiger partial charge in [0.05, 0.1) is 0 Å². The molecule has 0 aliphatic heterocycles. The minimum absolute atomic E-state index is 0.115. The fourth-order valence-electron chi connectivity index (χ4n) is 2.45. The summed E-state index contributed by atoms with van der Waals surface area (Å²) < 4.78 is 13.8. The maximum Gasteiger partial charge on any atom is 0.251 e. The zero-order valence-corrected chi connectivity index (χ0v) is 11.5. The minimum atomic E-state index is -0.420. The van der Waals surface area contributed by atoms with Crippen molar-refractivity contribution in [1.82, 2.24) is 5.32 Å². The third kappa shape index (κ3) is 3.09. The number of amides is 1. The zero-order valence-electron chi connectivity index (χ0n) is 9.96. The number of hydrogen-bond donors (Lipinski definition) is 2. The first-order chi connectivity index (χ1) is 8.60. The van der Waals surface area contributed by atoms with E-state index in [2.05, 4.69) is 21.2 Å². The second-order valence-electron chi connectivity index (χ2n) is 4.66. The van der Waals surface area contributed by atoms with E-state index in [9.17, 15) is 9.18 Å². The van der Waals surface area contributed by atoms with Gasteiger partial charge in [-0.3, -0.25) is 4.79 Å². The molecule has 1 aliphatic rings. The normalized spacial score (nSPS) is 23.1. The van der Waals surface area contributed by atoms with E-state index < -0.39 is 5.82 Å². The topological polar surface area (TPSA) is 55.1 Å². The molecule has 0 heterocycles. The number of nitrogens with one attached hydrogen (secondary N) is 1. The summed E-state index contributed by atoms with van der Waals surface area (Å²) in [5.41, 5.74) is 6.01. The number of nitrogens with two attached hydrogens (primary N) is 1. The van der Waals surface area contributed by atoms with Gasteiger partial charge in [-0.2, -0.15) is 0 Å². The van der Waals surface area contributed by atoms with Crippen LogP contribution < -0.4 is 11.1 Å². The van der Waals surface area contributed by atoms with Crippen LogP contribution in [-0.2, 0) is 0 Å². The van der Waals surface area contributed by atoms with E-state index in [1.165, 1.54) is 12.1 Å². The molecule has 0 aromatic heterocycles. The molecule has 0 saturated heterocycles. The van der Waals surface area contributed by atoms with Crippen LogP contribution in [0.25, 0.3) is 0 Å². The Kier molecular flexibility index (Phi) is 4.35. The van der Waals surface area contributed by atoms with Crippen LogP contribution in [-0.4, -0.2) is 18.5 Å². The fraction of sp³-hybridized carbons (Fsp3) is 0.462. The Labute approximate surface area is 114 Å². The van der Waals surface area contributed by atoms with Crippen molar-refractivity contribution in [3.05, 3.63) is 34.1 Å². The largest absolute Gasteiger partial charge is 0.349 e. The van der Waals surface area contributed by atoms with E-state index in [0.29, 0.717) is 22.5 Å². The molecule has 3 nitrogen and oxygen atoms in total. The first-order valence-corrected chi connectivity index (χ1v) is 6.86. The fourth-order valence-corrected chi connectivity index (χ4v) is 2.91. The summed E-state index contributed by atoms with van der Waals surface area (Å²) in [4.78, 5) is 12.0. The molecule has 1 fully saturated rings. The lowest BCUT2D eigenvalue weighted by Gasteiger charge is -2.19. The lowest BCUT2D eigenvalue weighted by molar-refractivity contribution is 0.0928. The molecule has 1 aromatic rings. The van der Waals surface area contributed by atoms with Crippen LogP contribution in [0.5, 0.6) is 0 Å². The number of hydrogen-bond acceptors (Lipinski definition) is 2. The van der Waals surface area contributed by atoms with Crippen molar-refractivity contribution in [2.75, 3.05) is 6.54 Å². The summed E-state index contributed by atoms with van der Waals surface area (Å²) in [6, 6.07) is 4.30. The number of rotatable bonds is 3.